The zero-order valence-corrected chi connectivity index (χ0v) is 11.5. The lowest BCUT2D eigenvalue weighted by atomic mass is 9.87. The normalized spacial score (nSPS) is 28.7. The molecule has 1 heterocycles. The van der Waals surface area contributed by atoms with Crippen molar-refractivity contribution in [1.82, 2.24) is 0 Å². The molecule has 1 aromatic rings. The number of hydrogen-bond donors (Lipinski definition) is 1. The van der Waals surface area contributed by atoms with Crippen molar-refractivity contribution >= 4 is 5.97 Å². The van der Waals surface area contributed by atoms with Gasteiger partial charge in [-0.1, -0.05) is 18.2 Å². The van der Waals surface area contributed by atoms with E-state index in [1.165, 1.54) is 5.56 Å². The molecule has 4 heteroatoms. The SMILES string of the molecule is O=C(O)C1CCC(OCC2Cc3ccccc3O2)CC1. The third-order valence-electron chi connectivity index (χ3n) is 4.26. The Hall–Kier alpha value is -1.55. The van der Waals surface area contributed by atoms with E-state index in [9.17, 15) is 4.79 Å². The van der Waals surface area contributed by atoms with Crippen LogP contribution in [0, 0.1) is 5.92 Å². The van der Waals surface area contributed by atoms with Gasteiger partial charge < -0.3 is 14.6 Å². The van der Waals surface area contributed by atoms with E-state index in [0.29, 0.717) is 6.61 Å². The predicted molar refractivity (Wildman–Crippen MR) is 73.9 cm³/mol. The second-order valence-electron chi connectivity index (χ2n) is 5.70. The average Bonchev–Trinajstić information content (AvgIpc) is 2.88. The number of carboxylic acid groups (broad SMARTS) is 1. The number of ether oxygens (including phenoxy) is 2. The molecule has 0 amide bonds. The molecule has 1 aliphatic carbocycles. The standard InChI is InChI=1S/C16H20O4/c17-16(18)11-5-7-13(8-6-11)19-10-14-9-12-3-1-2-4-15(12)20-14/h1-4,11,13-14H,5-10H2,(H,17,18). The van der Waals surface area contributed by atoms with E-state index < -0.39 is 5.97 Å². The summed E-state index contributed by atoms with van der Waals surface area (Å²) in [6.07, 6.45) is 4.34. The molecule has 2 aliphatic rings. The van der Waals surface area contributed by atoms with E-state index in [1.54, 1.807) is 0 Å². The molecule has 0 radical (unpaired) electrons. The number of carbonyl (C=O) groups is 1. The smallest absolute Gasteiger partial charge is 0.306 e. The maximum absolute atomic E-state index is 10.9. The van der Waals surface area contributed by atoms with Gasteiger partial charge in [0.2, 0.25) is 0 Å². The minimum absolute atomic E-state index is 0.101. The fourth-order valence-electron chi connectivity index (χ4n) is 3.07. The van der Waals surface area contributed by atoms with Gasteiger partial charge in [-0.2, -0.15) is 0 Å². The van der Waals surface area contributed by atoms with Crippen molar-refractivity contribution < 1.29 is 19.4 Å². The first-order valence-corrected chi connectivity index (χ1v) is 7.31. The molecule has 1 aromatic carbocycles. The molecule has 0 saturated heterocycles. The minimum atomic E-state index is -0.668. The number of para-hydroxylation sites is 1. The van der Waals surface area contributed by atoms with E-state index in [2.05, 4.69) is 6.07 Å². The van der Waals surface area contributed by atoms with Crippen molar-refractivity contribution in [2.24, 2.45) is 5.92 Å². The van der Waals surface area contributed by atoms with Crippen molar-refractivity contribution in [3.8, 4) is 5.75 Å². The van der Waals surface area contributed by atoms with Gasteiger partial charge in [0.15, 0.2) is 0 Å². The van der Waals surface area contributed by atoms with E-state index in [0.717, 1.165) is 37.9 Å². The molecular formula is C16H20O4. The minimum Gasteiger partial charge on any atom is -0.487 e. The van der Waals surface area contributed by atoms with E-state index in [4.69, 9.17) is 14.6 Å². The van der Waals surface area contributed by atoms with Crippen molar-refractivity contribution in [3.05, 3.63) is 29.8 Å². The Morgan fingerprint density at radius 3 is 2.70 bits per heavy atom. The Balaban J connectivity index is 1.43. The highest BCUT2D eigenvalue weighted by Gasteiger charge is 2.28. The summed E-state index contributed by atoms with van der Waals surface area (Å²) >= 11 is 0. The molecule has 1 atom stereocenters. The van der Waals surface area contributed by atoms with Crippen LogP contribution in [-0.4, -0.2) is 29.9 Å². The van der Waals surface area contributed by atoms with Gasteiger partial charge in [0.1, 0.15) is 11.9 Å². The predicted octanol–water partition coefficient (Wildman–Crippen LogP) is 2.65. The lowest BCUT2D eigenvalue weighted by Crippen LogP contribution is -2.30. The molecule has 1 unspecified atom stereocenters. The van der Waals surface area contributed by atoms with Crippen LogP contribution in [0.1, 0.15) is 31.2 Å². The lowest BCUT2D eigenvalue weighted by Gasteiger charge is -2.27. The monoisotopic (exact) mass is 276 g/mol. The first kappa shape index (κ1) is 13.4. The summed E-state index contributed by atoms with van der Waals surface area (Å²) in [4.78, 5) is 10.9. The number of rotatable bonds is 4. The van der Waals surface area contributed by atoms with Crippen LogP contribution in [0.25, 0.3) is 0 Å². The van der Waals surface area contributed by atoms with Gasteiger partial charge in [0, 0.05) is 6.42 Å². The molecule has 1 fully saturated rings. The average molecular weight is 276 g/mol. The first-order valence-electron chi connectivity index (χ1n) is 7.31. The van der Waals surface area contributed by atoms with E-state index >= 15 is 0 Å². The molecule has 20 heavy (non-hydrogen) atoms. The lowest BCUT2D eigenvalue weighted by molar-refractivity contribution is -0.144. The van der Waals surface area contributed by atoms with Crippen molar-refractivity contribution in [2.75, 3.05) is 6.61 Å². The summed E-state index contributed by atoms with van der Waals surface area (Å²) < 4.78 is 11.7. The highest BCUT2D eigenvalue weighted by atomic mass is 16.5. The second-order valence-corrected chi connectivity index (χ2v) is 5.70. The summed E-state index contributed by atoms with van der Waals surface area (Å²) in [5.74, 6) is 0.121. The molecule has 0 aromatic heterocycles. The zero-order valence-electron chi connectivity index (χ0n) is 11.5. The van der Waals surface area contributed by atoms with Crippen molar-refractivity contribution in [2.45, 2.75) is 44.3 Å². The largest absolute Gasteiger partial charge is 0.487 e. The topological polar surface area (TPSA) is 55.8 Å². The quantitative estimate of drug-likeness (QED) is 0.918. The van der Waals surface area contributed by atoms with Gasteiger partial charge in [0.25, 0.3) is 0 Å². The molecule has 108 valence electrons. The van der Waals surface area contributed by atoms with Gasteiger partial charge in [-0.25, -0.2) is 0 Å². The van der Waals surface area contributed by atoms with Crippen molar-refractivity contribution in [1.29, 1.82) is 0 Å². The number of carboxylic acids is 1. The molecule has 1 saturated carbocycles. The van der Waals surface area contributed by atoms with Crippen LogP contribution >= 0.6 is 0 Å². The van der Waals surface area contributed by atoms with Gasteiger partial charge in [0.05, 0.1) is 18.6 Å². The van der Waals surface area contributed by atoms with Gasteiger partial charge in [-0.15, -0.1) is 0 Å². The van der Waals surface area contributed by atoms with Crippen LogP contribution in [0.2, 0.25) is 0 Å². The summed E-state index contributed by atoms with van der Waals surface area (Å²) in [6, 6.07) is 8.09. The Kier molecular flexibility index (Phi) is 3.92. The summed E-state index contributed by atoms with van der Waals surface area (Å²) in [5.41, 5.74) is 1.25. The van der Waals surface area contributed by atoms with Gasteiger partial charge >= 0.3 is 5.97 Å². The summed E-state index contributed by atoms with van der Waals surface area (Å²) in [5, 5.41) is 8.97. The fraction of sp³-hybridized carbons (Fsp3) is 0.562. The van der Waals surface area contributed by atoms with Crippen LogP contribution in [0.3, 0.4) is 0 Å². The Morgan fingerprint density at radius 1 is 1.25 bits per heavy atom. The number of benzene rings is 1. The molecule has 3 rings (SSSR count). The fourth-order valence-corrected chi connectivity index (χ4v) is 3.07. The van der Waals surface area contributed by atoms with Crippen LogP contribution in [-0.2, 0) is 16.0 Å². The Bertz CT molecular complexity index is 452. The maximum atomic E-state index is 10.9. The highest BCUT2D eigenvalue weighted by molar-refractivity contribution is 5.70. The van der Waals surface area contributed by atoms with Crippen LogP contribution < -0.4 is 4.74 Å². The Labute approximate surface area is 118 Å². The molecular weight excluding hydrogens is 256 g/mol. The van der Waals surface area contributed by atoms with Crippen molar-refractivity contribution in [3.63, 3.8) is 0 Å². The Morgan fingerprint density at radius 2 is 2.00 bits per heavy atom. The third-order valence-corrected chi connectivity index (χ3v) is 4.26. The molecule has 1 aliphatic heterocycles. The third kappa shape index (κ3) is 2.96. The summed E-state index contributed by atoms with van der Waals surface area (Å²) in [6.45, 7) is 0.594. The summed E-state index contributed by atoms with van der Waals surface area (Å²) in [7, 11) is 0. The number of aliphatic carboxylic acids is 1. The van der Waals surface area contributed by atoms with E-state index in [1.807, 2.05) is 18.2 Å². The van der Waals surface area contributed by atoms with Crippen LogP contribution in [0.4, 0.5) is 0 Å². The molecule has 0 bridgehead atoms. The number of hydrogen-bond acceptors (Lipinski definition) is 3. The first-order chi connectivity index (χ1) is 9.72. The van der Waals surface area contributed by atoms with Gasteiger partial charge in [-0.3, -0.25) is 4.79 Å². The van der Waals surface area contributed by atoms with Crippen LogP contribution in [0.5, 0.6) is 5.75 Å². The van der Waals surface area contributed by atoms with E-state index in [-0.39, 0.29) is 18.1 Å². The zero-order chi connectivity index (χ0) is 13.9. The molecule has 0 spiro atoms. The maximum Gasteiger partial charge on any atom is 0.306 e. The second kappa shape index (κ2) is 5.83. The van der Waals surface area contributed by atoms with Crippen LogP contribution in [0.15, 0.2) is 24.3 Å². The molecule has 1 N–H and O–H groups in total. The highest BCUT2D eigenvalue weighted by Crippen LogP contribution is 2.30. The number of fused-ring (bicyclic) bond motifs is 1. The molecule has 4 nitrogen and oxygen atoms in total. The van der Waals surface area contributed by atoms with Gasteiger partial charge in [-0.05, 0) is 37.3 Å².